The van der Waals surface area contributed by atoms with E-state index in [1.54, 1.807) is 13.3 Å². The molecule has 0 fully saturated rings. The van der Waals surface area contributed by atoms with E-state index in [1.165, 1.54) is 15.6 Å². The van der Waals surface area contributed by atoms with Crippen LogP contribution in [0.3, 0.4) is 0 Å². The Morgan fingerprint density at radius 3 is 2.63 bits per heavy atom. The van der Waals surface area contributed by atoms with E-state index in [-0.39, 0.29) is 5.56 Å². The lowest BCUT2D eigenvalue weighted by Gasteiger charge is -2.18. The molecule has 5 heteroatoms. The van der Waals surface area contributed by atoms with Gasteiger partial charge in [0.15, 0.2) is 0 Å². The van der Waals surface area contributed by atoms with Gasteiger partial charge in [-0.05, 0) is 47.6 Å². The summed E-state index contributed by atoms with van der Waals surface area (Å²) in [5, 5.41) is 8.18. The van der Waals surface area contributed by atoms with Gasteiger partial charge in [-0.25, -0.2) is 4.68 Å². The van der Waals surface area contributed by atoms with Gasteiger partial charge in [0.05, 0.1) is 25.4 Å². The molecule has 0 unspecified atom stereocenters. The summed E-state index contributed by atoms with van der Waals surface area (Å²) in [6.45, 7) is 1.16. The molecule has 136 valence electrons. The first kappa shape index (κ1) is 17.2. The Kier molecular flexibility index (Phi) is 4.60. The van der Waals surface area contributed by atoms with Crippen LogP contribution in [0.2, 0.25) is 0 Å². The minimum absolute atomic E-state index is 0.0643. The molecule has 0 radical (unpaired) electrons. The monoisotopic (exact) mass is 359 g/mol. The van der Waals surface area contributed by atoms with Crippen LogP contribution in [0, 0.1) is 0 Å². The Bertz CT molecular complexity index is 1170. The fourth-order valence-electron chi connectivity index (χ4n) is 3.32. The van der Waals surface area contributed by atoms with Crippen LogP contribution in [0.4, 0.5) is 0 Å². The van der Waals surface area contributed by atoms with Crippen LogP contribution >= 0.6 is 0 Å². The van der Waals surface area contributed by atoms with E-state index in [4.69, 9.17) is 4.74 Å². The zero-order chi connectivity index (χ0) is 18.8. The number of aromatic nitrogens is 2. The average Bonchev–Trinajstić information content (AvgIpc) is 2.70. The van der Waals surface area contributed by atoms with Crippen LogP contribution in [-0.2, 0) is 13.2 Å². The van der Waals surface area contributed by atoms with Crippen LogP contribution in [-0.4, -0.2) is 28.8 Å². The Balaban J connectivity index is 1.54. The summed E-state index contributed by atoms with van der Waals surface area (Å²) in [5.41, 5.74) is 1.12. The molecule has 5 nitrogen and oxygen atoms in total. The molecule has 0 saturated heterocycles. The Hall–Kier alpha value is -3.18. The Labute approximate surface area is 157 Å². The van der Waals surface area contributed by atoms with Crippen molar-refractivity contribution in [1.29, 1.82) is 0 Å². The quantitative estimate of drug-likeness (QED) is 0.546. The number of nitrogens with zero attached hydrogens (tertiary/aromatic N) is 3. The third-order valence-corrected chi connectivity index (χ3v) is 4.70. The minimum Gasteiger partial charge on any atom is -0.497 e. The second kappa shape index (κ2) is 7.21. The van der Waals surface area contributed by atoms with Gasteiger partial charge in [-0.2, -0.15) is 5.10 Å². The third kappa shape index (κ3) is 3.55. The van der Waals surface area contributed by atoms with Crippen LogP contribution < -0.4 is 10.3 Å². The first-order valence-corrected chi connectivity index (χ1v) is 8.84. The van der Waals surface area contributed by atoms with Crippen LogP contribution in [0.15, 0.2) is 71.7 Å². The van der Waals surface area contributed by atoms with E-state index in [1.807, 2.05) is 43.4 Å². The minimum atomic E-state index is -0.0643. The lowest BCUT2D eigenvalue weighted by molar-refractivity contribution is 0.241. The van der Waals surface area contributed by atoms with Crippen molar-refractivity contribution < 1.29 is 4.74 Å². The molecule has 0 N–H and O–H groups in total. The number of ether oxygens (including phenoxy) is 1. The second-order valence-corrected chi connectivity index (χ2v) is 6.74. The fourth-order valence-corrected chi connectivity index (χ4v) is 3.32. The van der Waals surface area contributed by atoms with Gasteiger partial charge in [0, 0.05) is 11.9 Å². The van der Waals surface area contributed by atoms with Gasteiger partial charge >= 0.3 is 0 Å². The topological polar surface area (TPSA) is 47.4 Å². The van der Waals surface area contributed by atoms with Crippen molar-refractivity contribution in [2.24, 2.45) is 0 Å². The van der Waals surface area contributed by atoms with Crippen molar-refractivity contribution >= 4 is 21.5 Å². The van der Waals surface area contributed by atoms with Crippen LogP contribution in [0.25, 0.3) is 21.5 Å². The average molecular weight is 359 g/mol. The third-order valence-electron chi connectivity index (χ3n) is 4.70. The molecular formula is C22H21N3O2. The number of rotatable bonds is 5. The number of hydrogen-bond acceptors (Lipinski definition) is 4. The normalized spacial score (nSPS) is 11.4. The van der Waals surface area contributed by atoms with Crippen molar-refractivity contribution in [3.8, 4) is 5.75 Å². The van der Waals surface area contributed by atoms with E-state index >= 15 is 0 Å². The summed E-state index contributed by atoms with van der Waals surface area (Å²) < 4.78 is 6.79. The molecule has 0 spiro atoms. The molecule has 0 aliphatic rings. The molecule has 0 bridgehead atoms. The van der Waals surface area contributed by atoms with Crippen molar-refractivity contribution in [2.75, 3.05) is 14.2 Å². The van der Waals surface area contributed by atoms with Crippen LogP contribution in [0.5, 0.6) is 5.75 Å². The van der Waals surface area contributed by atoms with E-state index < -0.39 is 0 Å². The maximum atomic E-state index is 12.6. The van der Waals surface area contributed by atoms with Gasteiger partial charge in [0.1, 0.15) is 5.75 Å². The first-order chi connectivity index (χ1) is 13.1. The van der Waals surface area contributed by atoms with Crippen molar-refractivity contribution in [1.82, 2.24) is 14.7 Å². The summed E-state index contributed by atoms with van der Waals surface area (Å²) in [6, 6.07) is 20.0. The molecule has 0 aliphatic heterocycles. The molecule has 0 atom stereocenters. The standard InChI is InChI=1S/C22H21N3O2/c1-24(15-25-22(26)21-6-4-3-5-19(21)13-23-25)14-16-7-8-18-12-20(27-2)10-9-17(18)11-16/h3-13H,14-15H2,1-2H3. The van der Waals surface area contributed by atoms with E-state index in [2.05, 4.69) is 34.3 Å². The zero-order valence-corrected chi connectivity index (χ0v) is 15.4. The fraction of sp³-hybridized carbons (Fsp3) is 0.182. The summed E-state index contributed by atoms with van der Waals surface area (Å²) >= 11 is 0. The van der Waals surface area contributed by atoms with E-state index in [0.717, 1.165) is 23.1 Å². The highest BCUT2D eigenvalue weighted by Gasteiger charge is 2.07. The highest BCUT2D eigenvalue weighted by Crippen LogP contribution is 2.22. The highest BCUT2D eigenvalue weighted by molar-refractivity contribution is 5.84. The maximum absolute atomic E-state index is 12.6. The summed E-state index contributed by atoms with van der Waals surface area (Å²) in [5.74, 6) is 0.856. The molecule has 3 aromatic carbocycles. The number of fused-ring (bicyclic) bond motifs is 2. The number of hydrogen-bond donors (Lipinski definition) is 0. The van der Waals surface area contributed by atoms with E-state index in [9.17, 15) is 4.79 Å². The molecule has 1 aromatic heterocycles. The summed E-state index contributed by atoms with van der Waals surface area (Å²) in [4.78, 5) is 14.7. The summed E-state index contributed by atoms with van der Waals surface area (Å²) in [7, 11) is 3.66. The predicted molar refractivity (Wildman–Crippen MR) is 108 cm³/mol. The lowest BCUT2D eigenvalue weighted by atomic mass is 10.1. The van der Waals surface area contributed by atoms with Gasteiger partial charge in [0.2, 0.25) is 0 Å². The predicted octanol–water partition coefficient (Wildman–Crippen LogP) is 3.65. The largest absolute Gasteiger partial charge is 0.497 e. The molecule has 0 amide bonds. The first-order valence-electron chi connectivity index (χ1n) is 8.84. The zero-order valence-electron chi connectivity index (χ0n) is 15.4. The Morgan fingerprint density at radius 2 is 1.78 bits per heavy atom. The molecular weight excluding hydrogens is 338 g/mol. The van der Waals surface area contributed by atoms with Crippen LogP contribution in [0.1, 0.15) is 5.56 Å². The molecule has 27 heavy (non-hydrogen) atoms. The van der Waals surface area contributed by atoms with Gasteiger partial charge in [-0.15, -0.1) is 0 Å². The van der Waals surface area contributed by atoms with Gasteiger partial charge in [-0.1, -0.05) is 36.4 Å². The lowest BCUT2D eigenvalue weighted by Crippen LogP contribution is -2.31. The second-order valence-electron chi connectivity index (χ2n) is 6.74. The van der Waals surface area contributed by atoms with Crippen molar-refractivity contribution in [2.45, 2.75) is 13.2 Å². The Morgan fingerprint density at radius 1 is 1.00 bits per heavy atom. The molecule has 4 rings (SSSR count). The number of methoxy groups -OCH3 is 1. The van der Waals surface area contributed by atoms with E-state index in [0.29, 0.717) is 12.1 Å². The van der Waals surface area contributed by atoms with Crippen molar-refractivity contribution in [3.05, 3.63) is 82.8 Å². The van der Waals surface area contributed by atoms with Crippen molar-refractivity contribution in [3.63, 3.8) is 0 Å². The molecule has 0 aliphatic carbocycles. The summed E-state index contributed by atoms with van der Waals surface area (Å²) in [6.07, 6.45) is 1.74. The van der Waals surface area contributed by atoms with Gasteiger partial charge in [-0.3, -0.25) is 9.69 Å². The SMILES string of the molecule is COc1ccc2cc(CN(C)Cn3ncc4ccccc4c3=O)ccc2c1. The van der Waals surface area contributed by atoms with Gasteiger partial charge < -0.3 is 4.74 Å². The maximum Gasteiger partial charge on any atom is 0.275 e. The molecule has 4 aromatic rings. The smallest absolute Gasteiger partial charge is 0.275 e. The van der Waals surface area contributed by atoms with Gasteiger partial charge in [0.25, 0.3) is 5.56 Å². The molecule has 0 saturated carbocycles. The number of benzene rings is 3. The highest BCUT2D eigenvalue weighted by atomic mass is 16.5. The molecule has 1 heterocycles.